The summed E-state index contributed by atoms with van der Waals surface area (Å²) in [6, 6.07) is 6.01. The van der Waals surface area contributed by atoms with Gasteiger partial charge in [-0.05, 0) is 62.5 Å². The Hall–Kier alpha value is -5.10. The molecule has 0 aromatic carbocycles. The molecule has 3 aliphatic rings. The van der Waals surface area contributed by atoms with Crippen molar-refractivity contribution in [1.29, 1.82) is 5.26 Å². The lowest BCUT2D eigenvalue weighted by atomic mass is 9.93. The predicted octanol–water partition coefficient (Wildman–Crippen LogP) is 5.10. The molecule has 0 saturated heterocycles. The lowest BCUT2D eigenvalue weighted by molar-refractivity contribution is -0.00877. The average Bonchev–Trinajstić information content (AvgIpc) is 3.79. The number of rotatable bonds is 7. The van der Waals surface area contributed by atoms with Gasteiger partial charge in [-0.25, -0.2) is 14.8 Å². The maximum absolute atomic E-state index is 9.95. The van der Waals surface area contributed by atoms with Crippen molar-refractivity contribution in [3.05, 3.63) is 48.6 Å². The minimum absolute atomic E-state index is 0.216. The van der Waals surface area contributed by atoms with Gasteiger partial charge in [0.1, 0.15) is 17.2 Å². The van der Waals surface area contributed by atoms with Gasteiger partial charge in [0, 0.05) is 24.2 Å². The molecular formula is C33H38N12O3. The first-order valence-electron chi connectivity index (χ1n) is 16.8. The third-order valence-electron chi connectivity index (χ3n) is 10.6. The smallest absolute Gasteiger partial charge is 0.405 e. The van der Waals surface area contributed by atoms with E-state index in [1.54, 1.807) is 12.4 Å². The lowest BCUT2D eigenvalue weighted by Crippen LogP contribution is -2.33. The SMILES string of the molecule is CC[C@@H]1C[C@H](O[C@H]2C[C@@H](CC)[C@@H](c3nnc4cnc5[nH]ccc5n34)C2)C[C@@H]1c1nnc2cnc3[nH]ccc3n12.N#CC1(NC(=O)O)CC1. The lowest BCUT2D eigenvalue weighted by Gasteiger charge is -2.18. The summed E-state index contributed by atoms with van der Waals surface area (Å²) < 4.78 is 11.3. The van der Waals surface area contributed by atoms with E-state index in [0.717, 1.165) is 83.8 Å². The van der Waals surface area contributed by atoms with Gasteiger partial charge in [0.15, 0.2) is 22.6 Å². The number of fused-ring (bicyclic) bond motifs is 6. The van der Waals surface area contributed by atoms with Gasteiger partial charge >= 0.3 is 6.09 Å². The molecule has 6 aromatic heterocycles. The summed E-state index contributed by atoms with van der Waals surface area (Å²) in [5, 5.41) is 36.9. The van der Waals surface area contributed by atoms with Crippen LogP contribution in [0.1, 0.15) is 88.7 Å². The molecule has 0 unspecified atom stereocenters. The third-order valence-corrected chi connectivity index (χ3v) is 10.6. The van der Waals surface area contributed by atoms with Gasteiger partial charge in [0.25, 0.3) is 0 Å². The Morgan fingerprint density at radius 3 is 1.79 bits per heavy atom. The van der Waals surface area contributed by atoms with Crippen LogP contribution in [0.3, 0.4) is 0 Å². The number of amides is 1. The number of aromatic amines is 2. The van der Waals surface area contributed by atoms with Crippen molar-refractivity contribution in [2.24, 2.45) is 11.8 Å². The van der Waals surface area contributed by atoms with Gasteiger partial charge in [-0.15, -0.1) is 20.4 Å². The number of ether oxygens (including phenoxy) is 1. The van der Waals surface area contributed by atoms with Crippen LogP contribution in [0.4, 0.5) is 4.79 Å². The molecule has 6 heterocycles. The molecule has 0 aliphatic heterocycles. The maximum Gasteiger partial charge on any atom is 0.405 e. The van der Waals surface area contributed by atoms with E-state index in [1.165, 1.54) is 0 Å². The zero-order chi connectivity index (χ0) is 33.0. The Balaban J connectivity index is 0.000000326. The molecule has 0 bridgehead atoms. The van der Waals surface area contributed by atoms with Gasteiger partial charge in [0.05, 0.1) is 41.7 Å². The number of H-pyrrole nitrogens is 2. The van der Waals surface area contributed by atoms with E-state index in [-0.39, 0.29) is 12.2 Å². The third kappa shape index (κ3) is 5.20. The highest BCUT2D eigenvalue weighted by molar-refractivity contribution is 5.75. The second kappa shape index (κ2) is 11.9. The number of hydrogen-bond donors (Lipinski definition) is 4. The second-order valence-corrected chi connectivity index (χ2v) is 13.4. The predicted molar refractivity (Wildman–Crippen MR) is 174 cm³/mol. The fourth-order valence-corrected chi connectivity index (χ4v) is 8.05. The molecule has 15 nitrogen and oxygen atoms in total. The number of aromatic nitrogens is 10. The number of carboxylic acid groups (broad SMARTS) is 1. The Morgan fingerprint density at radius 2 is 1.40 bits per heavy atom. The highest BCUT2D eigenvalue weighted by Gasteiger charge is 2.45. The van der Waals surface area contributed by atoms with Gasteiger partial charge < -0.3 is 25.1 Å². The molecule has 6 aromatic rings. The van der Waals surface area contributed by atoms with Crippen LogP contribution in [-0.4, -0.2) is 78.1 Å². The second-order valence-electron chi connectivity index (χ2n) is 13.4. The number of nitriles is 1. The summed E-state index contributed by atoms with van der Waals surface area (Å²) in [5.74, 6) is 3.71. The largest absolute Gasteiger partial charge is 0.465 e. The van der Waals surface area contributed by atoms with Crippen molar-refractivity contribution in [3.63, 3.8) is 0 Å². The molecule has 9 rings (SSSR count). The van der Waals surface area contributed by atoms with Gasteiger partial charge in [0.2, 0.25) is 0 Å². The van der Waals surface area contributed by atoms with Crippen molar-refractivity contribution in [2.45, 2.75) is 94.8 Å². The molecule has 48 heavy (non-hydrogen) atoms. The van der Waals surface area contributed by atoms with Crippen LogP contribution in [0.15, 0.2) is 36.9 Å². The van der Waals surface area contributed by atoms with Crippen LogP contribution in [0.5, 0.6) is 0 Å². The summed E-state index contributed by atoms with van der Waals surface area (Å²) >= 11 is 0. The van der Waals surface area contributed by atoms with E-state index in [2.05, 4.69) is 80.4 Å². The summed E-state index contributed by atoms with van der Waals surface area (Å²) in [6.45, 7) is 4.56. The first kappa shape index (κ1) is 30.2. The summed E-state index contributed by atoms with van der Waals surface area (Å²) in [6.07, 6.45) is 14.3. The highest BCUT2D eigenvalue weighted by Crippen LogP contribution is 2.47. The van der Waals surface area contributed by atoms with Crippen molar-refractivity contribution < 1.29 is 14.6 Å². The molecule has 15 heteroatoms. The van der Waals surface area contributed by atoms with Gasteiger partial charge in [-0.1, -0.05) is 26.7 Å². The number of hydrogen-bond acceptors (Lipinski definition) is 9. The minimum atomic E-state index is -1.12. The molecule has 0 spiro atoms. The Labute approximate surface area is 275 Å². The van der Waals surface area contributed by atoms with Gasteiger partial charge in [-0.2, -0.15) is 5.26 Å². The molecule has 6 atom stereocenters. The van der Waals surface area contributed by atoms with Crippen LogP contribution in [0.25, 0.3) is 33.6 Å². The van der Waals surface area contributed by atoms with E-state index in [4.69, 9.17) is 15.1 Å². The van der Waals surface area contributed by atoms with Crippen molar-refractivity contribution in [2.75, 3.05) is 0 Å². The standard InChI is InChI=1S/C28H32N10O.C5H6N2O2/c1-3-15-9-17(11-19(15)27-35-33-23-13-31-25-21(37(23)27)5-7-29-25)39-18-10-16(4-2)20(12-18)28-36-34-24-14-32-26-22(38(24)28)6-8-30-26;6-3-5(1-2-5)7-4(8)9/h5-8,13-20,29-30H,3-4,9-12H2,1-2H3;7H,1-2H2,(H,8,9)/t15-,16-,17+,18+,19+,20+;/m1./s1. The molecule has 248 valence electrons. The van der Waals surface area contributed by atoms with Crippen LogP contribution < -0.4 is 5.32 Å². The van der Waals surface area contributed by atoms with Crippen LogP contribution in [0.2, 0.25) is 0 Å². The van der Waals surface area contributed by atoms with Crippen LogP contribution in [-0.2, 0) is 4.74 Å². The Morgan fingerprint density at radius 1 is 0.896 bits per heavy atom. The summed E-state index contributed by atoms with van der Waals surface area (Å²) in [5.41, 5.74) is 4.65. The number of nitrogens with zero attached hydrogens (tertiary/aromatic N) is 9. The van der Waals surface area contributed by atoms with E-state index >= 15 is 0 Å². The van der Waals surface area contributed by atoms with E-state index in [0.29, 0.717) is 36.5 Å². The molecular weight excluding hydrogens is 612 g/mol. The monoisotopic (exact) mass is 650 g/mol. The van der Waals surface area contributed by atoms with Crippen LogP contribution >= 0.6 is 0 Å². The average molecular weight is 651 g/mol. The van der Waals surface area contributed by atoms with E-state index in [1.807, 2.05) is 18.5 Å². The zero-order valence-corrected chi connectivity index (χ0v) is 26.9. The van der Waals surface area contributed by atoms with Gasteiger partial charge in [-0.3, -0.25) is 8.80 Å². The fourth-order valence-electron chi connectivity index (χ4n) is 8.05. The Bertz CT molecular complexity index is 2020. The van der Waals surface area contributed by atoms with Crippen molar-refractivity contribution in [1.82, 2.24) is 54.4 Å². The molecule has 0 radical (unpaired) electrons. The minimum Gasteiger partial charge on any atom is -0.465 e. The first-order valence-corrected chi connectivity index (χ1v) is 16.8. The van der Waals surface area contributed by atoms with Crippen molar-refractivity contribution in [3.8, 4) is 6.07 Å². The van der Waals surface area contributed by atoms with Crippen LogP contribution in [0, 0.1) is 23.2 Å². The fraction of sp³-hybridized carbons (Fsp3) is 0.515. The number of nitrogens with one attached hydrogen (secondary N) is 3. The summed E-state index contributed by atoms with van der Waals surface area (Å²) in [4.78, 5) is 25.4. The van der Waals surface area contributed by atoms with E-state index < -0.39 is 11.6 Å². The van der Waals surface area contributed by atoms with E-state index in [9.17, 15) is 4.79 Å². The normalized spacial score (nSPS) is 26.2. The first-order chi connectivity index (χ1) is 23.4. The Kier molecular flexibility index (Phi) is 7.47. The molecule has 3 fully saturated rings. The molecule has 3 saturated carbocycles. The molecule has 1 amide bonds. The van der Waals surface area contributed by atoms with Crippen molar-refractivity contribution >= 4 is 39.7 Å². The molecule has 3 aliphatic carbocycles. The molecule has 4 N–H and O–H groups in total. The quantitative estimate of drug-likeness (QED) is 0.180. The zero-order valence-electron chi connectivity index (χ0n) is 26.9. The maximum atomic E-state index is 9.95. The summed E-state index contributed by atoms with van der Waals surface area (Å²) in [7, 11) is 0. The highest BCUT2D eigenvalue weighted by atomic mass is 16.5. The topological polar surface area (TPSA) is 200 Å². The number of carbonyl (C=O) groups is 1.